The van der Waals surface area contributed by atoms with E-state index in [9.17, 15) is 21.6 Å². The molecule has 0 amide bonds. The lowest BCUT2D eigenvalue weighted by molar-refractivity contribution is -0.165. The topological polar surface area (TPSA) is 69.4 Å². The molecule has 4 nitrogen and oxygen atoms in total. The maximum Gasteiger partial charge on any atom is 0.394 e. The minimum atomic E-state index is -4.64. The Morgan fingerprint density at radius 3 is 2.47 bits per heavy atom. The molecule has 1 unspecified atom stereocenters. The first-order chi connectivity index (χ1) is 8.70. The van der Waals surface area contributed by atoms with Crippen LogP contribution in [0.25, 0.3) is 0 Å². The second kappa shape index (κ2) is 5.79. The minimum Gasteiger partial charge on any atom is -0.497 e. The Kier molecular flexibility index (Phi) is 4.81. The van der Waals surface area contributed by atoms with Gasteiger partial charge in [-0.05, 0) is 18.2 Å². The van der Waals surface area contributed by atoms with E-state index < -0.39 is 34.2 Å². The van der Waals surface area contributed by atoms with Gasteiger partial charge < -0.3 is 10.5 Å². The third-order valence-corrected chi connectivity index (χ3v) is 4.38. The molecule has 0 saturated heterocycles. The van der Waals surface area contributed by atoms with Gasteiger partial charge in [-0.25, -0.2) is 8.42 Å². The molecule has 0 fully saturated rings. The molecule has 0 bridgehead atoms. The molecule has 0 heterocycles. The van der Waals surface area contributed by atoms with E-state index in [1.807, 2.05) is 0 Å². The number of ether oxygens (including phenoxy) is 1. The maximum atomic E-state index is 12.5. The van der Waals surface area contributed by atoms with Crippen LogP contribution in [0.1, 0.15) is 0 Å². The normalized spacial score (nSPS) is 14.2. The van der Waals surface area contributed by atoms with Gasteiger partial charge in [0.05, 0.1) is 23.7 Å². The van der Waals surface area contributed by atoms with E-state index in [2.05, 4.69) is 0 Å². The summed E-state index contributed by atoms with van der Waals surface area (Å²) in [5.41, 5.74) is 4.99. The Morgan fingerprint density at radius 2 is 2.00 bits per heavy atom. The number of benzene rings is 1. The largest absolute Gasteiger partial charge is 0.497 e. The lowest BCUT2D eigenvalue weighted by Gasteiger charge is -2.18. The number of hydrogen-bond donors (Lipinski definition) is 1. The van der Waals surface area contributed by atoms with Crippen molar-refractivity contribution in [2.45, 2.75) is 11.1 Å². The Bertz CT molecular complexity index is 528. The van der Waals surface area contributed by atoms with Crippen LogP contribution >= 0.6 is 0 Å². The smallest absolute Gasteiger partial charge is 0.394 e. The van der Waals surface area contributed by atoms with E-state index in [0.717, 1.165) is 0 Å². The number of methoxy groups -OCH3 is 1. The van der Waals surface area contributed by atoms with E-state index in [0.29, 0.717) is 0 Å². The molecule has 1 aromatic rings. The standard InChI is InChI=1S/C11H14F3NO3S/c1-18-9-3-2-4-10(5-9)19(16,17)7-8(6-15)11(12,13)14/h2-5,8H,6-7,15H2,1H3. The molecule has 0 aliphatic heterocycles. The predicted octanol–water partition coefficient (Wildman–Crippen LogP) is 1.61. The number of sulfone groups is 1. The van der Waals surface area contributed by atoms with Gasteiger partial charge in [0.1, 0.15) is 5.75 Å². The highest BCUT2D eigenvalue weighted by molar-refractivity contribution is 7.91. The van der Waals surface area contributed by atoms with Gasteiger partial charge in [-0.2, -0.15) is 13.2 Å². The van der Waals surface area contributed by atoms with Crippen molar-refractivity contribution >= 4 is 9.84 Å². The zero-order chi connectivity index (χ0) is 14.7. The lowest BCUT2D eigenvalue weighted by Crippen LogP contribution is -2.36. The molecule has 1 atom stereocenters. The van der Waals surface area contributed by atoms with Crippen molar-refractivity contribution in [3.8, 4) is 5.75 Å². The van der Waals surface area contributed by atoms with Crippen LogP contribution in [-0.4, -0.2) is 34.0 Å². The summed E-state index contributed by atoms with van der Waals surface area (Å²) < 4.78 is 66.3. The summed E-state index contributed by atoms with van der Waals surface area (Å²) in [4.78, 5) is -0.213. The van der Waals surface area contributed by atoms with Crippen molar-refractivity contribution in [2.24, 2.45) is 11.7 Å². The number of rotatable bonds is 5. The van der Waals surface area contributed by atoms with Gasteiger partial charge in [0.2, 0.25) is 0 Å². The van der Waals surface area contributed by atoms with Gasteiger partial charge in [-0.3, -0.25) is 0 Å². The molecule has 0 saturated carbocycles. The summed E-state index contributed by atoms with van der Waals surface area (Å²) in [7, 11) is -2.73. The second-order valence-electron chi connectivity index (χ2n) is 3.93. The third kappa shape index (κ3) is 4.10. The molecular formula is C11H14F3NO3S. The Hall–Kier alpha value is -1.28. The van der Waals surface area contributed by atoms with Crippen molar-refractivity contribution < 1.29 is 26.3 Å². The minimum absolute atomic E-state index is 0.213. The maximum absolute atomic E-state index is 12.5. The van der Waals surface area contributed by atoms with E-state index in [-0.39, 0.29) is 10.6 Å². The average molecular weight is 297 g/mol. The molecule has 8 heteroatoms. The molecule has 108 valence electrons. The zero-order valence-electron chi connectivity index (χ0n) is 10.1. The van der Waals surface area contributed by atoms with Crippen molar-refractivity contribution in [1.82, 2.24) is 0 Å². The molecule has 0 aromatic heterocycles. The monoisotopic (exact) mass is 297 g/mol. The van der Waals surface area contributed by atoms with Gasteiger partial charge in [-0.15, -0.1) is 0 Å². The van der Waals surface area contributed by atoms with Gasteiger partial charge in [0.15, 0.2) is 9.84 Å². The Balaban J connectivity index is 3.03. The molecule has 19 heavy (non-hydrogen) atoms. The molecule has 1 rings (SSSR count). The van der Waals surface area contributed by atoms with Crippen LogP contribution in [0.2, 0.25) is 0 Å². The van der Waals surface area contributed by atoms with Crippen LogP contribution in [0.4, 0.5) is 13.2 Å². The number of halogens is 3. The van der Waals surface area contributed by atoms with Crippen LogP contribution in [0.5, 0.6) is 5.75 Å². The molecule has 1 aromatic carbocycles. The fourth-order valence-electron chi connectivity index (χ4n) is 1.45. The molecule has 2 N–H and O–H groups in total. The van der Waals surface area contributed by atoms with Crippen LogP contribution in [-0.2, 0) is 9.84 Å². The number of nitrogens with two attached hydrogens (primary N) is 1. The third-order valence-electron chi connectivity index (χ3n) is 2.57. The van der Waals surface area contributed by atoms with E-state index in [1.165, 1.54) is 31.4 Å². The summed E-state index contributed by atoms with van der Waals surface area (Å²) in [6, 6.07) is 5.31. The highest BCUT2D eigenvalue weighted by Gasteiger charge is 2.41. The van der Waals surface area contributed by atoms with Gasteiger partial charge in [0, 0.05) is 6.54 Å². The number of hydrogen-bond acceptors (Lipinski definition) is 4. The summed E-state index contributed by atoms with van der Waals surface area (Å²) in [5, 5.41) is 0. The zero-order valence-corrected chi connectivity index (χ0v) is 11.0. The average Bonchev–Trinajstić information content (AvgIpc) is 2.34. The van der Waals surface area contributed by atoms with Crippen molar-refractivity contribution in [3.05, 3.63) is 24.3 Å². The Morgan fingerprint density at radius 1 is 1.37 bits per heavy atom. The predicted molar refractivity (Wildman–Crippen MR) is 63.6 cm³/mol. The molecular weight excluding hydrogens is 283 g/mol. The number of alkyl halides is 3. The molecule has 0 aliphatic rings. The van der Waals surface area contributed by atoms with Crippen LogP contribution in [0.3, 0.4) is 0 Å². The van der Waals surface area contributed by atoms with E-state index in [1.54, 1.807) is 0 Å². The first-order valence-corrected chi connectivity index (χ1v) is 6.99. The van der Waals surface area contributed by atoms with Crippen LogP contribution in [0.15, 0.2) is 29.2 Å². The fourth-order valence-corrected chi connectivity index (χ4v) is 3.08. The highest BCUT2D eigenvalue weighted by atomic mass is 32.2. The van der Waals surface area contributed by atoms with Crippen molar-refractivity contribution in [3.63, 3.8) is 0 Å². The molecule has 0 radical (unpaired) electrons. The molecule has 0 spiro atoms. The SMILES string of the molecule is COc1cccc(S(=O)(=O)CC(CN)C(F)(F)F)c1. The van der Waals surface area contributed by atoms with Crippen molar-refractivity contribution in [1.29, 1.82) is 0 Å². The second-order valence-corrected chi connectivity index (χ2v) is 5.97. The lowest BCUT2D eigenvalue weighted by atomic mass is 10.2. The summed E-state index contributed by atoms with van der Waals surface area (Å²) >= 11 is 0. The quantitative estimate of drug-likeness (QED) is 0.896. The van der Waals surface area contributed by atoms with Gasteiger partial charge in [-0.1, -0.05) is 6.07 Å². The Labute approximate surface area is 109 Å². The summed E-state index contributed by atoms with van der Waals surface area (Å²) in [6.07, 6.45) is -4.64. The molecule has 0 aliphatic carbocycles. The van der Waals surface area contributed by atoms with Crippen molar-refractivity contribution in [2.75, 3.05) is 19.4 Å². The summed E-state index contributed by atoms with van der Waals surface area (Å²) in [6.45, 7) is -0.771. The highest BCUT2D eigenvalue weighted by Crippen LogP contribution is 2.29. The van der Waals surface area contributed by atoms with Crippen LogP contribution in [0, 0.1) is 5.92 Å². The van der Waals surface area contributed by atoms with E-state index >= 15 is 0 Å². The fraction of sp³-hybridized carbons (Fsp3) is 0.455. The first-order valence-electron chi connectivity index (χ1n) is 5.34. The van der Waals surface area contributed by atoms with Gasteiger partial charge >= 0.3 is 6.18 Å². The van der Waals surface area contributed by atoms with Gasteiger partial charge in [0.25, 0.3) is 0 Å². The van der Waals surface area contributed by atoms with Crippen LogP contribution < -0.4 is 10.5 Å². The van der Waals surface area contributed by atoms with E-state index in [4.69, 9.17) is 10.5 Å². The summed E-state index contributed by atoms with van der Waals surface area (Å²) in [5.74, 6) is -2.89. The first kappa shape index (κ1) is 15.8.